The summed E-state index contributed by atoms with van der Waals surface area (Å²) in [5.74, 6) is -0.802. The first-order valence-electron chi connectivity index (χ1n) is 6.93. The summed E-state index contributed by atoms with van der Waals surface area (Å²) in [5.41, 5.74) is 1.22. The van der Waals surface area contributed by atoms with Crippen molar-refractivity contribution in [3.05, 3.63) is 34.9 Å². The first kappa shape index (κ1) is 15.3. The van der Waals surface area contributed by atoms with Gasteiger partial charge in [-0.1, -0.05) is 23.7 Å². The standard InChI is InChI=1S/C15H20ClNO3/c16-13-3-1-2-12(10-13)11-17-7-4-14(5-8-17)20-9-6-15(18)19/h1-3,10,14H,4-9,11H2,(H,18,19). The van der Waals surface area contributed by atoms with E-state index in [-0.39, 0.29) is 12.5 Å². The SMILES string of the molecule is O=C(O)CCOC1CCN(Cc2cccc(Cl)c2)CC1. The van der Waals surface area contributed by atoms with E-state index in [1.165, 1.54) is 5.56 Å². The fourth-order valence-electron chi connectivity index (χ4n) is 2.44. The van der Waals surface area contributed by atoms with Gasteiger partial charge in [-0.15, -0.1) is 0 Å². The summed E-state index contributed by atoms with van der Waals surface area (Å²) in [7, 11) is 0. The van der Waals surface area contributed by atoms with E-state index in [0.29, 0.717) is 6.61 Å². The maximum absolute atomic E-state index is 10.4. The summed E-state index contributed by atoms with van der Waals surface area (Å²) < 4.78 is 5.58. The maximum Gasteiger partial charge on any atom is 0.305 e. The number of aliphatic carboxylic acids is 1. The maximum atomic E-state index is 10.4. The van der Waals surface area contributed by atoms with Gasteiger partial charge in [-0.05, 0) is 30.5 Å². The lowest BCUT2D eigenvalue weighted by molar-refractivity contribution is -0.138. The second-order valence-corrected chi connectivity index (χ2v) is 5.56. The van der Waals surface area contributed by atoms with E-state index in [1.54, 1.807) is 0 Å². The smallest absolute Gasteiger partial charge is 0.305 e. The van der Waals surface area contributed by atoms with Gasteiger partial charge in [0.05, 0.1) is 19.1 Å². The minimum absolute atomic E-state index is 0.0860. The Kier molecular flexibility index (Phi) is 5.83. The molecule has 5 heteroatoms. The molecule has 1 heterocycles. The van der Waals surface area contributed by atoms with Crippen LogP contribution in [0.4, 0.5) is 0 Å². The highest BCUT2D eigenvalue weighted by molar-refractivity contribution is 6.30. The molecule has 2 rings (SSSR count). The minimum atomic E-state index is -0.802. The predicted octanol–water partition coefficient (Wildman–Crippen LogP) is 2.80. The molecule has 0 spiro atoms. The Morgan fingerprint density at radius 1 is 1.40 bits per heavy atom. The Bertz CT molecular complexity index is 444. The number of ether oxygens (including phenoxy) is 1. The highest BCUT2D eigenvalue weighted by Crippen LogP contribution is 2.18. The molecule has 0 bridgehead atoms. The molecule has 0 aromatic heterocycles. The molecule has 1 saturated heterocycles. The lowest BCUT2D eigenvalue weighted by atomic mass is 10.1. The second-order valence-electron chi connectivity index (χ2n) is 5.12. The van der Waals surface area contributed by atoms with Gasteiger partial charge in [-0.2, -0.15) is 0 Å². The predicted molar refractivity (Wildman–Crippen MR) is 78.0 cm³/mol. The Morgan fingerprint density at radius 2 is 2.15 bits per heavy atom. The van der Waals surface area contributed by atoms with Crippen LogP contribution in [0.1, 0.15) is 24.8 Å². The van der Waals surface area contributed by atoms with Gasteiger partial charge in [0.15, 0.2) is 0 Å². The van der Waals surface area contributed by atoms with Crippen LogP contribution in [0.3, 0.4) is 0 Å². The van der Waals surface area contributed by atoms with Gasteiger partial charge in [0.25, 0.3) is 0 Å². The molecule has 0 unspecified atom stereocenters. The van der Waals surface area contributed by atoms with Crippen molar-refractivity contribution in [2.75, 3.05) is 19.7 Å². The van der Waals surface area contributed by atoms with E-state index < -0.39 is 5.97 Å². The molecule has 1 N–H and O–H groups in total. The number of hydrogen-bond donors (Lipinski definition) is 1. The average Bonchev–Trinajstić information content (AvgIpc) is 2.40. The third-order valence-electron chi connectivity index (χ3n) is 3.50. The van der Waals surface area contributed by atoms with Crippen LogP contribution in [0.2, 0.25) is 5.02 Å². The van der Waals surface area contributed by atoms with Crippen molar-refractivity contribution in [3.8, 4) is 0 Å². The molecule has 1 aromatic carbocycles. The molecule has 1 fully saturated rings. The largest absolute Gasteiger partial charge is 0.481 e. The summed E-state index contributed by atoms with van der Waals surface area (Å²) in [6.07, 6.45) is 2.20. The van der Waals surface area contributed by atoms with E-state index in [4.69, 9.17) is 21.4 Å². The van der Waals surface area contributed by atoms with Crippen molar-refractivity contribution in [1.29, 1.82) is 0 Å². The molecule has 110 valence electrons. The van der Waals surface area contributed by atoms with E-state index in [0.717, 1.165) is 37.5 Å². The molecule has 4 nitrogen and oxygen atoms in total. The average molecular weight is 298 g/mol. The number of carboxylic acids is 1. The van der Waals surface area contributed by atoms with Crippen molar-refractivity contribution in [2.24, 2.45) is 0 Å². The summed E-state index contributed by atoms with van der Waals surface area (Å²) in [5, 5.41) is 9.35. The van der Waals surface area contributed by atoms with Crippen LogP contribution >= 0.6 is 11.6 Å². The molecule has 1 aliphatic rings. The highest BCUT2D eigenvalue weighted by Gasteiger charge is 2.19. The zero-order valence-corrected chi connectivity index (χ0v) is 12.2. The number of nitrogens with zero attached hydrogens (tertiary/aromatic N) is 1. The van der Waals surface area contributed by atoms with Crippen LogP contribution in [0, 0.1) is 0 Å². The number of carbonyl (C=O) groups is 1. The van der Waals surface area contributed by atoms with Gasteiger partial charge >= 0.3 is 5.97 Å². The Morgan fingerprint density at radius 3 is 2.80 bits per heavy atom. The Hall–Kier alpha value is -1.10. The molecular weight excluding hydrogens is 278 g/mol. The number of hydrogen-bond acceptors (Lipinski definition) is 3. The van der Waals surface area contributed by atoms with E-state index in [2.05, 4.69) is 11.0 Å². The number of benzene rings is 1. The van der Waals surface area contributed by atoms with Crippen LogP contribution in [0.5, 0.6) is 0 Å². The number of rotatable bonds is 6. The van der Waals surface area contributed by atoms with Crippen molar-refractivity contribution in [2.45, 2.75) is 31.9 Å². The topological polar surface area (TPSA) is 49.8 Å². The third kappa shape index (κ3) is 5.12. The summed E-state index contributed by atoms with van der Waals surface area (Å²) in [6, 6.07) is 7.94. The van der Waals surface area contributed by atoms with Gasteiger partial charge in [-0.3, -0.25) is 9.69 Å². The molecule has 0 amide bonds. The zero-order chi connectivity index (χ0) is 14.4. The van der Waals surface area contributed by atoms with E-state index in [9.17, 15) is 4.79 Å². The van der Waals surface area contributed by atoms with Gasteiger partial charge in [0, 0.05) is 24.7 Å². The van der Waals surface area contributed by atoms with Crippen molar-refractivity contribution >= 4 is 17.6 Å². The first-order chi connectivity index (χ1) is 9.63. The normalized spacial score (nSPS) is 17.2. The fraction of sp³-hybridized carbons (Fsp3) is 0.533. The Labute approximate surface area is 124 Å². The molecule has 1 aliphatic heterocycles. The molecule has 0 radical (unpaired) electrons. The molecule has 20 heavy (non-hydrogen) atoms. The van der Waals surface area contributed by atoms with Gasteiger partial charge in [0.2, 0.25) is 0 Å². The summed E-state index contributed by atoms with van der Waals surface area (Å²) in [6.45, 7) is 3.17. The van der Waals surface area contributed by atoms with Gasteiger partial charge in [0.1, 0.15) is 0 Å². The van der Waals surface area contributed by atoms with Gasteiger partial charge < -0.3 is 9.84 Å². The zero-order valence-electron chi connectivity index (χ0n) is 11.4. The number of piperidine rings is 1. The van der Waals surface area contributed by atoms with Crippen molar-refractivity contribution < 1.29 is 14.6 Å². The number of carboxylic acid groups (broad SMARTS) is 1. The summed E-state index contributed by atoms with van der Waals surface area (Å²) >= 11 is 5.98. The first-order valence-corrected chi connectivity index (χ1v) is 7.31. The van der Waals surface area contributed by atoms with Crippen LogP contribution < -0.4 is 0 Å². The Balaban J connectivity index is 1.70. The molecule has 0 aliphatic carbocycles. The quantitative estimate of drug-likeness (QED) is 0.877. The van der Waals surface area contributed by atoms with Crippen molar-refractivity contribution in [3.63, 3.8) is 0 Å². The summed E-state index contributed by atoms with van der Waals surface area (Å²) in [4.78, 5) is 12.8. The monoisotopic (exact) mass is 297 g/mol. The molecule has 0 saturated carbocycles. The van der Waals surface area contributed by atoms with E-state index >= 15 is 0 Å². The molecule has 1 aromatic rings. The lowest BCUT2D eigenvalue weighted by Crippen LogP contribution is -2.36. The van der Waals surface area contributed by atoms with E-state index in [1.807, 2.05) is 18.2 Å². The van der Waals surface area contributed by atoms with Crippen LogP contribution in [0.25, 0.3) is 0 Å². The number of halogens is 1. The van der Waals surface area contributed by atoms with Crippen LogP contribution in [-0.4, -0.2) is 41.8 Å². The van der Waals surface area contributed by atoms with Gasteiger partial charge in [-0.25, -0.2) is 0 Å². The second kappa shape index (κ2) is 7.62. The molecular formula is C15H20ClNO3. The number of likely N-dealkylation sites (tertiary alicyclic amines) is 1. The van der Waals surface area contributed by atoms with Crippen LogP contribution in [0.15, 0.2) is 24.3 Å². The molecule has 0 atom stereocenters. The minimum Gasteiger partial charge on any atom is -0.481 e. The fourth-order valence-corrected chi connectivity index (χ4v) is 2.65. The van der Waals surface area contributed by atoms with Crippen molar-refractivity contribution in [1.82, 2.24) is 4.90 Å². The third-order valence-corrected chi connectivity index (χ3v) is 3.73. The van der Waals surface area contributed by atoms with Crippen LogP contribution in [-0.2, 0) is 16.1 Å². The lowest BCUT2D eigenvalue weighted by Gasteiger charge is -2.31. The highest BCUT2D eigenvalue weighted by atomic mass is 35.5.